The van der Waals surface area contributed by atoms with Gasteiger partial charge in [-0.05, 0) is 56.2 Å². The van der Waals surface area contributed by atoms with Crippen molar-refractivity contribution in [2.45, 2.75) is 31.2 Å². The monoisotopic (exact) mass is 401 g/mol. The predicted octanol–water partition coefficient (Wildman–Crippen LogP) is 4.62. The molecule has 0 spiro atoms. The van der Waals surface area contributed by atoms with E-state index in [4.69, 9.17) is 11.6 Å². The Morgan fingerprint density at radius 1 is 1.14 bits per heavy atom. The minimum atomic E-state index is -3.68. The maximum atomic E-state index is 12.7. The Morgan fingerprint density at radius 2 is 1.77 bits per heavy atom. The quantitative estimate of drug-likeness (QED) is 0.811. The second-order valence-electron chi connectivity index (χ2n) is 5.60. The number of nitrogens with one attached hydrogen (secondary N) is 1. The summed E-state index contributed by atoms with van der Waals surface area (Å²) in [4.78, 5) is 0.197. The van der Waals surface area contributed by atoms with Gasteiger partial charge in [-0.2, -0.15) is 0 Å². The molecule has 2 rings (SSSR count). The van der Waals surface area contributed by atoms with E-state index in [1.165, 1.54) is 0 Å². The van der Waals surface area contributed by atoms with E-state index in [2.05, 4.69) is 20.7 Å². The van der Waals surface area contributed by atoms with Gasteiger partial charge in [-0.25, -0.2) is 13.1 Å². The zero-order chi connectivity index (χ0) is 16.5. The van der Waals surface area contributed by atoms with Crippen molar-refractivity contribution in [3.63, 3.8) is 0 Å². The van der Waals surface area contributed by atoms with Gasteiger partial charge in [-0.3, -0.25) is 0 Å². The van der Waals surface area contributed by atoms with Gasteiger partial charge in [0, 0.05) is 9.50 Å². The standard InChI is InChI=1S/C16H17BrClNO2S/c1-11-14(18)8-5-9-15(11)22(20,21)19-16(2,3)12-6-4-7-13(17)10-12/h4-10,19H,1-3H3. The first-order valence-electron chi connectivity index (χ1n) is 6.68. The topological polar surface area (TPSA) is 46.2 Å². The molecule has 0 radical (unpaired) electrons. The number of rotatable bonds is 4. The molecule has 2 aromatic carbocycles. The molecule has 0 saturated carbocycles. The van der Waals surface area contributed by atoms with Crippen LogP contribution < -0.4 is 4.72 Å². The van der Waals surface area contributed by atoms with Crippen molar-refractivity contribution in [1.29, 1.82) is 0 Å². The first-order chi connectivity index (χ1) is 10.1. The van der Waals surface area contributed by atoms with Crippen molar-refractivity contribution in [2.24, 2.45) is 0 Å². The smallest absolute Gasteiger partial charge is 0.207 e. The lowest BCUT2D eigenvalue weighted by Gasteiger charge is -2.27. The van der Waals surface area contributed by atoms with E-state index in [1.54, 1.807) is 25.1 Å². The summed E-state index contributed by atoms with van der Waals surface area (Å²) in [7, 11) is -3.68. The molecule has 0 amide bonds. The molecule has 0 saturated heterocycles. The van der Waals surface area contributed by atoms with Crippen molar-refractivity contribution in [3.05, 3.63) is 63.1 Å². The fourth-order valence-corrected chi connectivity index (χ4v) is 4.51. The van der Waals surface area contributed by atoms with E-state index in [1.807, 2.05) is 38.1 Å². The van der Waals surface area contributed by atoms with Crippen molar-refractivity contribution in [2.75, 3.05) is 0 Å². The normalized spacial score (nSPS) is 12.4. The molecule has 0 aliphatic carbocycles. The van der Waals surface area contributed by atoms with Crippen molar-refractivity contribution < 1.29 is 8.42 Å². The summed E-state index contributed by atoms with van der Waals surface area (Å²) in [5.74, 6) is 0. The highest BCUT2D eigenvalue weighted by molar-refractivity contribution is 9.10. The third-order valence-electron chi connectivity index (χ3n) is 3.44. The second kappa shape index (κ2) is 6.32. The molecule has 0 aliphatic rings. The summed E-state index contributed by atoms with van der Waals surface area (Å²) in [6.07, 6.45) is 0. The van der Waals surface area contributed by atoms with E-state index < -0.39 is 15.6 Å². The molecule has 0 fully saturated rings. The van der Waals surface area contributed by atoms with E-state index >= 15 is 0 Å². The number of hydrogen-bond donors (Lipinski definition) is 1. The van der Waals surface area contributed by atoms with Gasteiger partial charge in [0.05, 0.1) is 10.4 Å². The molecule has 0 bridgehead atoms. The van der Waals surface area contributed by atoms with Crippen LogP contribution in [0.25, 0.3) is 0 Å². The van der Waals surface area contributed by atoms with Gasteiger partial charge < -0.3 is 0 Å². The Kier molecular flexibility index (Phi) is 5.02. The highest BCUT2D eigenvalue weighted by Crippen LogP contribution is 2.28. The maximum Gasteiger partial charge on any atom is 0.241 e. The zero-order valence-corrected chi connectivity index (χ0v) is 15.7. The third-order valence-corrected chi connectivity index (χ3v) is 6.15. The number of hydrogen-bond acceptors (Lipinski definition) is 2. The molecule has 0 atom stereocenters. The molecule has 0 heterocycles. The average Bonchev–Trinajstić information content (AvgIpc) is 2.40. The maximum absolute atomic E-state index is 12.7. The Labute approximate surface area is 144 Å². The SMILES string of the molecule is Cc1c(Cl)cccc1S(=O)(=O)NC(C)(C)c1cccc(Br)c1. The molecular formula is C16H17BrClNO2S. The summed E-state index contributed by atoms with van der Waals surface area (Å²) < 4.78 is 29.0. The van der Waals surface area contributed by atoms with E-state index in [9.17, 15) is 8.42 Å². The van der Waals surface area contributed by atoms with Crippen LogP contribution in [0.15, 0.2) is 51.8 Å². The summed E-state index contributed by atoms with van der Waals surface area (Å²) in [5.41, 5.74) is 0.657. The van der Waals surface area contributed by atoms with Gasteiger partial charge in [0.25, 0.3) is 0 Å². The van der Waals surface area contributed by atoms with Gasteiger partial charge in [-0.15, -0.1) is 0 Å². The minimum absolute atomic E-state index is 0.197. The lowest BCUT2D eigenvalue weighted by molar-refractivity contribution is 0.471. The molecule has 1 N–H and O–H groups in total. The van der Waals surface area contributed by atoms with Crippen LogP contribution in [0.4, 0.5) is 0 Å². The number of benzene rings is 2. The van der Waals surface area contributed by atoms with Gasteiger partial charge in [0.1, 0.15) is 0 Å². The van der Waals surface area contributed by atoms with Gasteiger partial charge in [0.2, 0.25) is 10.0 Å². The van der Waals surface area contributed by atoms with Gasteiger partial charge >= 0.3 is 0 Å². The van der Waals surface area contributed by atoms with Crippen molar-refractivity contribution in [1.82, 2.24) is 4.72 Å². The molecular weight excluding hydrogens is 386 g/mol. The minimum Gasteiger partial charge on any atom is -0.207 e. The first-order valence-corrected chi connectivity index (χ1v) is 9.34. The first kappa shape index (κ1) is 17.5. The van der Waals surface area contributed by atoms with E-state index in [0.717, 1.165) is 10.0 Å². The van der Waals surface area contributed by atoms with Crippen LogP contribution in [0.3, 0.4) is 0 Å². The van der Waals surface area contributed by atoms with Crippen LogP contribution in [-0.2, 0) is 15.6 Å². The summed E-state index contributed by atoms with van der Waals surface area (Å²) >= 11 is 9.44. The highest BCUT2D eigenvalue weighted by atomic mass is 79.9. The van der Waals surface area contributed by atoms with Crippen molar-refractivity contribution >= 4 is 37.6 Å². The molecule has 6 heteroatoms. The summed E-state index contributed by atoms with van der Waals surface area (Å²) in [6.45, 7) is 5.35. The lowest BCUT2D eigenvalue weighted by atomic mass is 9.96. The van der Waals surface area contributed by atoms with Crippen LogP contribution >= 0.6 is 27.5 Å². The Bertz CT molecular complexity index is 804. The summed E-state index contributed by atoms with van der Waals surface area (Å²) in [6, 6.07) is 12.4. The van der Waals surface area contributed by atoms with E-state index in [-0.39, 0.29) is 4.90 Å². The average molecular weight is 403 g/mol. The molecule has 118 valence electrons. The Morgan fingerprint density at radius 3 is 2.41 bits per heavy atom. The van der Waals surface area contributed by atoms with E-state index in [0.29, 0.717) is 10.6 Å². The molecule has 0 unspecified atom stereocenters. The predicted molar refractivity (Wildman–Crippen MR) is 93.7 cm³/mol. The lowest BCUT2D eigenvalue weighted by Crippen LogP contribution is -2.41. The fraction of sp³-hybridized carbons (Fsp3) is 0.250. The Hall–Kier alpha value is -0.880. The van der Waals surface area contributed by atoms with Crippen LogP contribution in [0.5, 0.6) is 0 Å². The van der Waals surface area contributed by atoms with Crippen LogP contribution in [0.2, 0.25) is 5.02 Å². The second-order valence-corrected chi connectivity index (χ2v) is 8.58. The molecule has 22 heavy (non-hydrogen) atoms. The van der Waals surface area contributed by atoms with Gasteiger partial charge in [0.15, 0.2) is 0 Å². The largest absolute Gasteiger partial charge is 0.241 e. The van der Waals surface area contributed by atoms with Crippen LogP contribution in [0, 0.1) is 6.92 Å². The molecule has 2 aromatic rings. The molecule has 0 aliphatic heterocycles. The zero-order valence-electron chi connectivity index (χ0n) is 12.5. The highest BCUT2D eigenvalue weighted by Gasteiger charge is 2.29. The number of sulfonamides is 1. The Balaban J connectivity index is 2.41. The summed E-state index contributed by atoms with van der Waals surface area (Å²) in [5, 5.41) is 0.433. The van der Waals surface area contributed by atoms with Crippen LogP contribution in [0.1, 0.15) is 25.0 Å². The van der Waals surface area contributed by atoms with Crippen molar-refractivity contribution in [3.8, 4) is 0 Å². The fourth-order valence-electron chi connectivity index (χ4n) is 2.21. The van der Waals surface area contributed by atoms with Gasteiger partial charge in [-0.1, -0.05) is 45.7 Å². The third kappa shape index (κ3) is 3.71. The van der Waals surface area contributed by atoms with Crippen LogP contribution in [-0.4, -0.2) is 8.42 Å². The number of halogens is 2. The molecule has 3 nitrogen and oxygen atoms in total. The molecule has 0 aromatic heterocycles.